The van der Waals surface area contributed by atoms with Crippen LogP contribution in [0.4, 0.5) is 4.39 Å². The SMILES string of the molecule is OC(Cc1cc(F)cc(Br)c1)C1CCOc2ccccc21. The molecule has 2 unspecified atom stereocenters. The molecule has 4 heteroatoms. The van der Waals surface area contributed by atoms with Crippen LogP contribution in [0.15, 0.2) is 46.9 Å². The number of fused-ring (bicyclic) bond motifs is 1. The Morgan fingerprint density at radius 2 is 2.10 bits per heavy atom. The lowest BCUT2D eigenvalue weighted by Crippen LogP contribution is -2.26. The minimum atomic E-state index is -0.552. The first kappa shape index (κ1) is 14.5. The third-order valence-corrected chi connectivity index (χ3v) is 4.29. The fraction of sp³-hybridized carbons (Fsp3) is 0.294. The Bertz CT molecular complexity index is 624. The summed E-state index contributed by atoms with van der Waals surface area (Å²) >= 11 is 3.28. The molecule has 0 saturated heterocycles. The highest BCUT2D eigenvalue weighted by atomic mass is 79.9. The van der Waals surface area contributed by atoms with Crippen molar-refractivity contribution in [3.8, 4) is 5.75 Å². The van der Waals surface area contributed by atoms with Crippen molar-refractivity contribution >= 4 is 15.9 Å². The molecule has 110 valence electrons. The molecule has 1 N–H and O–H groups in total. The molecule has 1 aliphatic rings. The molecule has 0 fully saturated rings. The van der Waals surface area contributed by atoms with Crippen molar-refractivity contribution in [2.75, 3.05) is 6.61 Å². The quantitative estimate of drug-likeness (QED) is 0.904. The fourth-order valence-electron chi connectivity index (χ4n) is 2.88. The zero-order valence-corrected chi connectivity index (χ0v) is 13.0. The predicted octanol–water partition coefficient (Wildman–Crippen LogP) is 4.06. The minimum absolute atomic E-state index is 0.0250. The van der Waals surface area contributed by atoms with E-state index in [9.17, 15) is 9.50 Å². The van der Waals surface area contributed by atoms with E-state index >= 15 is 0 Å². The molecule has 2 atom stereocenters. The normalized spacial score (nSPS) is 18.7. The van der Waals surface area contributed by atoms with Crippen molar-refractivity contribution in [3.05, 3.63) is 63.9 Å². The van der Waals surface area contributed by atoms with Gasteiger partial charge < -0.3 is 9.84 Å². The van der Waals surface area contributed by atoms with Gasteiger partial charge in [-0.15, -0.1) is 0 Å². The number of aliphatic hydroxyl groups excluding tert-OH is 1. The molecular formula is C17H16BrFO2. The Morgan fingerprint density at radius 1 is 1.29 bits per heavy atom. The van der Waals surface area contributed by atoms with Crippen molar-refractivity contribution in [1.29, 1.82) is 0 Å². The van der Waals surface area contributed by atoms with E-state index in [1.807, 2.05) is 30.3 Å². The molecule has 3 rings (SSSR count). The van der Waals surface area contributed by atoms with Crippen LogP contribution in [-0.4, -0.2) is 17.8 Å². The van der Waals surface area contributed by atoms with E-state index < -0.39 is 6.10 Å². The van der Waals surface area contributed by atoms with Gasteiger partial charge in [0.05, 0.1) is 12.7 Å². The molecule has 2 aromatic rings. The average Bonchev–Trinajstić information content (AvgIpc) is 2.45. The van der Waals surface area contributed by atoms with Gasteiger partial charge in [-0.2, -0.15) is 0 Å². The van der Waals surface area contributed by atoms with Gasteiger partial charge >= 0.3 is 0 Å². The molecule has 0 radical (unpaired) electrons. The third kappa shape index (κ3) is 3.27. The van der Waals surface area contributed by atoms with E-state index in [0.717, 1.165) is 23.3 Å². The lowest BCUT2D eigenvalue weighted by molar-refractivity contribution is 0.116. The summed E-state index contributed by atoms with van der Waals surface area (Å²) in [7, 11) is 0. The van der Waals surface area contributed by atoms with Gasteiger partial charge in [-0.25, -0.2) is 4.39 Å². The standard InChI is InChI=1S/C17H16BrFO2/c18-12-7-11(8-13(19)10-12)9-16(20)14-5-6-21-17-4-2-1-3-15(14)17/h1-4,7-8,10,14,16,20H,5-6,9H2. The molecule has 0 amide bonds. The van der Waals surface area contributed by atoms with E-state index in [2.05, 4.69) is 15.9 Å². The lowest BCUT2D eigenvalue weighted by atomic mass is 9.85. The maximum Gasteiger partial charge on any atom is 0.124 e. The number of benzene rings is 2. The molecule has 2 aromatic carbocycles. The van der Waals surface area contributed by atoms with E-state index in [1.165, 1.54) is 12.1 Å². The summed E-state index contributed by atoms with van der Waals surface area (Å²) in [5, 5.41) is 10.6. The summed E-state index contributed by atoms with van der Waals surface area (Å²) < 4.78 is 19.7. The van der Waals surface area contributed by atoms with Crippen LogP contribution in [0.3, 0.4) is 0 Å². The summed E-state index contributed by atoms with van der Waals surface area (Å²) in [6.45, 7) is 0.603. The number of hydrogen-bond acceptors (Lipinski definition) is 2. The van der Waals surface area contributed by atoms with Crippen molar-refractivity contribution in [1.82, 2.24) is 0 Å². The molecule has 0 aliphatic carbocycles. The van der Waals surface area contributed by atoms with Gasteiger partial charge in [0.1, 0.15) is 11.6 Å². The smallest absolute Gasteiger partial charge is 0.124 e. The molecule has 1 aliphatic heterocycles. The van der Waals surface area contributed by atoms with Crippen LogP contribution in [0.5, 0.6) is 5.75 Å². The highest BCUT2D eigenvalue weighted by Gasteiger charge is 2.27. The minimum Gasteiger partial charge on any atom is -0.493 e. The molecular weight excluding hydrogens is 335 g/mol. The van der Waals surface area contributed by atoms with E-state index in [-0.39, 0.29) is 11.7 Å². The maximum absolute atomic E-state index is 13.4. The van der Waals surface area contributed by atoms with Gasteiger partial charge in [0.2, 0.25) is 0 Å². The molecule has 21 heavy (non-hydrogen) atoms. The van der Waals surface area contributed by atoms with Crippen LogP contribution in [0, 0.1) is 5.82 Å². The lowest BCUT2D eigenvalue weighted by Gasteiger charge is -2.29. The number of rotatable bonds is 3. The molecule has 0 spiro atoms. The molecule has 0 aromatic heterocycles. The Hall–Kier alpha value is -1.39. The van der Waals surface area contributed by atoms with Gasteiger partial charge in [0, 0.05) is 10.4 Å². The maximum atomic E-state index is 13.4. The molecule has 1 heterocycles. The van der Waals surface area contributed by atoms with Gasteiger partial charge in [-0.05, 0) is 48.2 Å². The number of hydrogen-bond donors (Lipinski definition) is 1. The van der Waals surface area contributed by atoms with Crippen LogP contribution in [0.1, 0.15) is 23.5 Å². The molecule has 0 saturated carbocycles. The highest BCUT2D eigenvalue weighted by molar-refractivity contribution is 9.10. The van der Waals surface area contributed by atoms with E-state index in [0.29, 0.717) is 17.5 Å². The topological polar surface area (TPSA) is 29.5 Å². The number of ether oxygens (including phenoxy) is 1. The van der Waals surface area contributed by atoms with Gasteiger partial charge in [0.25, 0.3) is 0 Å². The Balaban J connectivity index is 1.81. The largest absolute Gasteiger partial charge is 0.493 e. The monoisotopic (exact) mass is 350 g/mol. The Morgan fingerprint density at radius 3 is 2.90 bits per heavy atom. The number of halogens is 2. The number of para-hydroxylation sites is 1. The fourth-order valence-corrected chi connectivity index (χ4v) is 3.39. The van der Waals surface area contributed by atoms with Gasteiger partial charge in [-0.1, -0.05) is 34.1 Å². The van der Waals surface area contributed by atoms with Crippen LogP contribution < -0.4 is 4.74 Å². The van der Waals surface area contributed by atoms with E-state index in [4.69, 9.17) is 4.74 Å². The van der Waals surface area contributed by atoms with Crippen LogP contribution >= 0.6 is 15.9 Å². The first-order chi connectivity index (χ1) is 10.1. The van der Waals surface area contributed by atoms with Gasteiger partial charge in [-0.3, -0.25) is 0 Å². The second kappa shape index (κ2) is 6.16. The summed E-state index contributed by atoms with van der Waals surface area (Å²) in [4.78, 5) is 0. The van der Waals surface area contributed by atoms with Crippen molar-refractivity contribution in [2.24, 2.45) is 0 Å². The van der Waals surface area contributed by atoms with Crippen molar-refractivity contribution < 1.29 is 14.2 Å². The summed E-state index contributed by atoms with van der Waals surface area (Å²) in [5.41, 5.74) is 1.82. The van der Waals surface area contributed by atoms with Crippen LogP contribution in [-0.2, 0) is 6.42 Å². The summed E-state index contributed by atoms with van der Waals surface area (Å²) in [6, 6.07) is 12.5. The third-order valence-electron chi connectivity index (χ3n) is 3.84. The zero-order chi connectivity index (χ0) is 14.8. The van der Waals surface area contributed by atoms with Crippen LogP contribution in [0.2, 0.25) is 0 Å². The van der Waals surface area contributed by atoms with E-state index in [1.54, 1.807) is 0 Å². The molecule has 0 bridgehead atoms. The molecule has 2 nitrogen and oxygen atoms in total. The second-order valence-electron chi connectivity index (χ2n) is 5.33. The average molecular weight is 351 g/mol. The summed E-state index contributed by atoms with van der Waals surface area (Å²) in [6.07, 6.45) is 0.646. The Kier molecular flexibility index (Phi) is 4.27. The summed E-state index contributed by atoms with van der Waals surface area (Å²) in [5.74, 6) is 0.573. The Labute approximate surface area is 131 Å². The van der Waals surface area contributed by atoms with Gasteiger partial charge in [0.15, 0.2) is 0 Å². The predicted molar refractivity (Wildman–Crippen MR) is 83.1 cm³/mol. The zero-order valence-electron chi connectivity index (χ0n) is 11.4. The van der Waals surface area contributed by atoms with Crippen molar-refractivity contribution in [2.45, 2.75) is 24.9 Å². The van der Waals surface area contributed by atoms with Crippen molar-refractivity contribution in [3.63, 3.8) is 0 Å². The van der Waals surface area contributed by atoms with Crippen LogP contribution in [0.25, 0.3) is 0 Å². The second-order valence-corrected chi connectivity index (χ2v) is 6.25. The number of aliphatic hydroxyl groups is 1. The highest BCUT2D eigenvalue weighted by Crippen LogP contribution is 2.36. The first-order valence-corrected chi connectivity index (χ1v) is 7.77. The first-order valence-electron chi connectivity index (χ1n) is 6.98.